The minimum atomic E-state index is 0.224. The molecule has 1 saturated carbocycles. The van der Waals surface area contributed by atoms with Gasteiger partial charge in [-0.05, 0) is 54.4 Å². The highest BCUT2D eigenvalue weighted by Gasteiger charge is 2.38. The second kappa shape index (κ2) is 6.14. The summed E-state index contributed by atoms with van der Waals surface area (Å²) in [6.07, 6.45) is 5.36. The Hall–Kier alpha value is -1.87. The van der Waals surface area contributed by atoms with E-state index in [0.717, 1.165) is 35.3 Å². The molecule has 1 aliphatic carbocycles. The molecule has 3 heteroatoms. The van der Waals surface area contributed by atoms with E-state index in [1.807, 2.05) is 24.3 Å². The van der Waals surface area contributed by atoms with Crippen molar-refractivity contribution in [3.05, 3.63) is 48.0 Å². The van der Waals surface area contributed by atoms with Crippen LogP contribution in [-0.4, -0.2) is 47.9 Å². The van der Waals surface area contributed by atoms with Gasteiger partial charge in [-0.3, -0.25) is 9.69 Å². The third-order valence-electron chi connectivity index (χ3n) is 6.32. The van der Waals surface area contributed by atoms with Gasteiger partial charge < -0.3 is 4.90 Å². The van der Waals surface area contributed by atoms with E-state index in [0.29, 0.717) is 12.0 Å². The minimum Gasteiger partial charge on any atom is -0.337 e. The van der Waals surface area contributed by atoms with Crippen LogP contribution in [0.25, 0.3) is 10.8 Å². The molecule has 2 aromatic rings. The summed E-state index contributed by atoms with van der Waals surface area (Å²) in [5.41, 5.74) is 0.869. The maximum atomic E-state index is 13.3. The SMILES string of the molecule is O=C(c1cccc2ccccc12)N1C[C@H]2CC[C@@H](C1)N(CC1CC1)C2. The largest absolute Gasteiger partial charge is 0.337 e. The topological polar surface area (TPSA) is 23.6 Å². The van der Waals surface area contributed by atoms with E-state index in [1.54, 1.807) is 0 Å². The average Bonchev–Trinajstić information content (AvgIpc) is 3.48. The highest BCUT2D eigenvalue weighted by molar-refractivity contribution is 6.07. The number of carbonyl (C=O) groups is 1. The molecule has 3 nitrogen and oxygen atoms in total. The first kappa shape index (κ1) is 15.4. The number of benzene rings is 2. The van der Waals surface area contributed by atoms with Gasteiger partial charge in [0, 0.05) is 37.8 Å². The van der Waals surface area contributed by atoms with Crippen LogP contribution in [0.1, 0.15) is 36.0 Å². The van der Waals surface area contributed by atoms with Gasteiger partial charge in [0.05, 0.1) is 0 Å². The van der Waals surface area contributed by atoms with Crippen LogP contribution in [0, 0.1) is 11.8 Å². The van der Waals surface area contributed by atoms with Crippen molar-refractivity contribution in [2.24, 2.45) is 11.8 Å². The summed E-state index contributed by atoms with van der Waals surface area (Å²) in [5, 5.41) is 2.24. The van der Waals surface area contributed by atoms with Crippen molar-refractivity contribution < 1.29 is 4.79 Å². The number of hydrogen-bond donors (Lipinski definition) is 0. The van der Waals surface area contributed by atoms with Crippen molar-refractivity contribution in [2.75, 3.05) is 26.2 Å². The third kappa shape index (κ3) is 2.95. The van der Waals surface area contributed by atoms with Gasteiger partial charge in [-0.15, -0.1) is 0 Å². The molecule has 0 aromatic heterocycles. The van der Waals surface area contributed by atoms with Crippen LogP contribution in [0.3, 0.4) is 0 Å². The average molecular weight is 334 g/mol. The van der Waals surface area contributed by atoms with Crippen molar-refractivity contribution in [3.8, 4) is 0 Å². The highest BCUT2D eigenvalue weighted by Crippen LogP contribution is 2.35. The lowest BCUT2D eigenvalue weighted by molar-refractivity contribution is 0.0738. The zero-order valence-corrected chi connectivity index (χ0v) is 14.7. The molecule has 3 aliphatic heterocycles. The second-order valence-electron chi connectivity index (χ2n) is 8.23. The summed E-state index contributed by atoms with van der Waals surface area (Å²) in [5.74, 6) is 1.81. The van der Waals surface area contributed by atoms with Crippen molar-refractivity contribution in [1.29, 1.82) is 0 Å². The Morgan fingerprint density at radius 2 is 1.76 bits per heavy atom. The lowest BCUT2D eigenvalue weighted by Crippen LogP contribution is -2.45. The molecule has 4 aliphatic rings. The van der Waals surface area contributed by atoms with Crippen LogP contribution in [0.15, 0.2) is 42.5 Å². The molecule has 0 radical (unpaired) electrons. The number of rotatable bonds is 3. The molecule has 2 bridgehead atoms. The van der Waals surface area contributed by atoms with Crippen LogP contribution in [0.5, 0.6) is 0 Å². The van der Waals surface area contributed by atoms with Crippen LogP contribution in [0.4, 0.5) is 0 Å². The molecule has 0 spiro atoms. The highest BCUT2D eigenvalue weighted by atomic mass is 16.2. The normalized spacial score (nSPS) is 26.8. The summed E-state index contributed by atoms with van der Waals surface area (Å²) >= 11 is 0. The van der Waals surface area contributed by atoms with Gasteiger partial charge in [-0.2, -0.15) is 0 Å². The molecule has 130 valence electrons. The van der Waals surface area contributed by atoms with Gasteiger partial charge in [0.15, 0.2) is 0 Å². The van der Waals surface area contributed by atoms with Crippen LogP contribution >= 0.6 is 0 Å². The summed E-state index contributed by atoms with van der Waals surface area (Å²) in [6, 6.07) is 14.9. The monoisotopic (exact) mass is 334 g/mol. The molecule has 3 heterocycles. The zero-order valence-electron chi connectivity index (χ0n) is 14.7. The molecule has 2 atom stereocenters. The number of piperidine rings is 1. The van der Waals surface area contributed by atoms with Crippen LogP contribution < -0.4 is 0 Å². The van der Waals surface area contributed by atoms with Gasteiger partial charge in [-0.25, -0.2) is 0 Å². The molecule has 6 rings (SSSR count). The summed E-state index contributed by atoms with van der Waals surface area (Å²) in [7, 11) is 0. The predicted octanol–water partition coefficient (Wildman–Crippen LogP) is 3.79. The third-order valence-corrected chi connectivity index (χ3v) is 6.32. The number of carbonyl (C=O) groups excluding carboxylic acids is 1. The first-order valence-electron chi connectivity index (χ1n) is 9.79. The Balaban J connectivity index is 1.42. The number of nitrogens with zero attached hydrogens (tertiary/aromatic N) is 2. The van der Waals surface area contributed by atoms with Crippen LogP contribution in [0.2, 0.25) is 0 Å². The first-order valence-corrected chi connectivity index (χ1v) is 9.79. The molecule has 25 heavy (non-hydrogen) atoms. The Labute approximate surface area is 149 Å². The predicted molar refractivity (Wildman–Crippen MR) is 101 cm³/mol. The fourth-order valence-electron chi connectivity index (χ4n) is 4.78. The molecular weight excluding hydrogens is 308 g/mol. The van der Waals surface area contributed by atoms with Gasteiger partial charge in [0.2, 0.25) is 0 Å². The van der Waals surface area contributed by atoms with E-state index in [2.05, 4.69) is 28.0 Å². The fourth-order valence-corrected chi connectivity index (χ4v) is 4.78. The van der Waals surface area contributed by atoms with Gasteiger partial charge in [0.1, 0.15) is 0 Å². The van der Waals surface area contributed by atoms with Crippen LogP contribution in [-0.2, 0) is 0 Å². The lowest BCUT2D eigenvalue weighted by Gasteiger charge is -2.36. The van der Waals surface area contributed by atoms with E-state index >= 15 is 0 Å². The standard InChI is InChI=1S/C22H26N2O/c25-22(21-7-3-5-18-4-1-2-6-20(18)21)24-14-17-10-11-19(15-24)23(13-17)12-16-8-9-16/h1-7,16-17,19H,8-15H2/t17-,19-/m0/s1. The maximum absolute atomic E-state index is 13.3. The Bertz CT molecular complexity index is 792. The van der Waals surface area contributed by atoms with E-state index in [-0.39, 0.29) is 5.91 Å². The molecule has 2 aromatic carbocycles. The zero-order chi connectivity index (χ0) is 16.8. The number of hydrogen-bond acceptors (Lipinski definition) is 2. The fraction of sp³-hybridized carbons (Fsp3) is 0.500. The second-order valence-corrected chi connectivity index (χ2v) is 8.23. The molecular formula is C22H26N2O. The van der Waals surface area contributed by atoms with Crippen molar-refractivity contribution in [1.82, 2.24) is 9.80 Å². The van der Waals surface area contributed by atoms with Crippen molar-refractivity contribution in [2.45, 2.75) is 31.7 Å². The quantitative estimate of drug-likeness (QED) is 0.853. The lowest BCUT2D eigenvalue weighted by atomic mass is 9.95. The van der Waals surface area contributed by atoms with Gasteiger partial charge in [-0.1, -0.05) is 36.4 Å². The van der Waals surface area contributed by atoms with E-state index < -0.39 is 0 Å². The molecule has 1 amide bonds. The maximum Gasteiger partial charge on any atom is 0.254 e. The Morgan fingerprint density at radius 1 is 0.920 bits per heavy atom. The minimum absolute atomic E-state index is 0.224. The van der Waals surface area contributed by atoms with Crippen molar-refractivity contribution in [3.63, 3.8) is 0 Å². The van der Waals surface area contributed by atoms with E-state index in [1.165, 1.54) is 38.8 Å². The summed E-state index contributed by atoms with van der Waals surface area (Å²) < 4.78 is 0. The van der Waals surface area contributed by atoms with E-state index in [4.69, 9.17) is 0 Å². The number of fused-ring (bicyclic) bond motifs is 5. The first-order chi connectivity index (χ1) is 12.3. The van der Waals surface area contributed by atoms with E-state index in [9.17, 15) is 4.79 Å². The summed E-state index contributed by atoms with van der Waals surface area (Å²) in [6.45, 7) is 4.29. The summed E-state index contributed by atoms with van der Waals surface area (Å²) in [4.78, 5) is 18.2. The smallest absolute Gasteiger partial charge is 0.254 e. The molecule has 3 saturated heterocycles. The molecule has 0 N–H and O–H groups in total. The number of amides is 1. The Morgan fingerprint density at radius 3 is 2.64 bits per heavy atom. The molecule has 0 unspecified atom stereocenters. The Kier molecular flexibility index (Phi) is 3.78. The van der Waals surface area contributed by atoms with Gasteiger partial charge >= 0.3 is 0 Å². The van der Waals surface area contributed by atoms with Crippen molar-refractivity contribution >= 4 is 16.7 Å². The molecule has 4 fully saturated rings. The van der Waals surface area contributed by atoms with Gasteiger partial charge in [0.25, 0.3) is 5.91 Å².